The molecule has 1 aliphatic heterocycles. The second-order valence-electron chi connectivity index (χ2n) is 5.35. The zero-order chi connectivity index (χ0) is 12.6. The van der Waals surface area contributed by atoms with Crippen LogP contribution in [0, 0.1) is 27.7 Å². The molecule has 0 spiro atoms. The van der Waals surface area contributed by atoms with Crippen molar-refractivity contribution >= 4 is 0 Å². The standard InChI is InChI=1S/C15H24N2/c1-9-8-10(2)12(4)14(11(9)3)15-13(5)16-6-7-17-15/h8,13,15-17H,6-7H2,1-5H3. The van der Waals surface area contributed by atoms with Gasteiger partial charge >= 0.3 is 0 Å². The van der Waals surface area contributed by atoms with Crippen molar-refractivity contribution in [2.45, 2.75) is 46.7 Å². The summed E-state index contributed by atoms with van der Waals surface area (Å²) in [6.07, 6.45) is 0. The molecule has 2 nitrogen and oxygen atoms in total. The molecule has 0 saturated carbocycles. The second-order valence-corrected chi connectivity index (χ2v) is 5.35. The van der Waals surface area contributed by atoms with Gasteiger partial charge in [-0.1, -0.05) is 6.07 Å². The average molecular weight is 232 g/mol. The van der Waals surface area contributed by atoms with Gasteiger partial charge in [-0.25, -0.2) is 0 Å². The zero-order valence-corrected chi connectivity index (χ0v) is 11.6. The summed E-state index contributed by atoms with van der Waals surface area (Å²) in [7, 11) is 0. The summed E-state index contributed by atoms with van der Waals surface area (Å²) in [5.41, 5.74) is 7.20. The first-order chi connectivity index (χ1) is 8.02. The van der Waals surface area contributed by atoms with Gasteiger partial charge in [-0.3, -0.25) is 0 Å². The molecule has 0 aromatic heterocycles. The minimum atomic E-state index is 0.447. The third-order valence-electron chi connectivity index (χ3n) is 4.19. The molecule has 0 radical (unpaired) electrons. The second kappa shape index (κ2) is 4.79. The molecule has 1 saturated heterocycles. The number of rotatable bonds is 1. The molecule has 0 amide bonds. The van der Waals surface area contributed by atoms with Crippen LogP contribution in [0.2, 0.25) is 0 Å². The van der Waals surface area contributed by atoms with Crippen molar-refractivity contribution in [2.24, 2.45) is 0 Å². The molecule has 17 heavy (non-hydrogen) atoms. The minimum Gasteiger partial charge on any atom is -0.311 e. The van der Waals surface area contributed by atoms with Gasteiger partial charge in [-0.05, 0) is 62.4 Å². The predicted molar refractivity (Wildman–Crippen MR) is 73.6 cm³/mol. The van der Waals surface area contributed by atoms with Gasteiger partial charge in [0.25, 0.3) is 0 Å². The van der Waals surface area contributed by atoms with E-state index in [1.165, 1.54) is 27.8 Å². The molecule has 2 unspecified atom stereocenters. The van der Waals surface area contributed by atoms with E-state index in [0.717, 1.165) is 13.1 Å². The molecule has 1 aromatic carbocycles. The highest BCUT2D eigenvalue weighted by atomic mass is 15.1. The molecular formula is C15H24N2. The maximum absolute atomic E-state index is 3.66. The predicted octanol–water partition coefficient (Wildman–Crippen LogP) is 2.54. The Morgan fingerprint density at radius 3 is 2.00 bits per heavy atom. The van der Waals surface area contributed by atoms with Gasteiger partial charge in [0, 0.05) is 25.2 Å². The van der Waals surface area contributed by atoms with E-state index in [1.54, 1.807) is 0 Å². The topological polar surface area (TPSA) is 24.1 Å². The van der Waals surface area contributed by atoms with E-state index >= 15 is 0 Å². The molecule has 0 bridgehead atoms. The lowest BCUT2D eigenvalue weighted by molar-refractivity contribution is 0.343. The van der Waals surface area contributed by atoms with E-state index in [9.17, 15) is 0 Å². The van der Waals surface area contributed by atoms with E-state index in [2.05, 4.69) is 51.3 Å². The van der Waals surface area contributed by atoms with Crippen molar-refractivity contribution in [2.75, 3.05) is 13.1 Å². The SMILES string of the molecule is Cc1cc(C)c(C)c(C2NCCNC2C)c1C. The smallest absolute Gasteiger partial charge is 0.0479 e. The molecule has 1 aromatic rings. The summed E-state index contributed by atoms with van der Waals surface area (Å²) in [4.78, 5) is 0. The molecule has 94 valence electrons. The van der Waals surface area contributed by atoms with Gasteiger partial charge in [-0.15, -0.1) is 0 Å². The Bertz CT molecular complexity index is 397. The molecule has 1 aliphatic rings. The van der Waals surface area contributed by atoms with Gasteiger partial charge in [-0.2, -0.15) is 0 Å². The Morgan fingerprint density at radius 1 is 0.941 bits per heavy atom. The summed E-state index contributed by atoms with van der Waals surface area (Å²) in [5, 5.41) is 7.22. The fourth-order valence-corrected chi connectivity index (χ4v) is 2.89. The normalized spacial score (nSPS) is 25.0. The summed E-state index contributed by atoms with van der Waals surface area (Å²) in [6.45, 7) is 13.3. The van der Waals surface area contributed by atoms with E-state index < -0.39 is 0 Å². The van der Waals surface area contributed by atoms with E-state index in [-0.39, 0.29) is 0 Å². The molecule has 0 aliphatic carbocycles. The number of aryl methyl sites for hydroxylation is 2. The first-order valence-corrected chi connectivity index (χ1v) is 6.56. The van der Waals surface area contributed by atoms with Crippen LogP contribution in [0.5, 0.6) is 0 Å². The lowest BCUT2D eigenvalue weighted by Crippen LogP contribution is -2.49. The van der Waals surface area contributed by atoms with Crippen molar-refractivity contribution in [1.29, 1.82) is 0 Å². The van der Waals surface area contributed by atoms with Crippen molar-refractivity contribution < 1.29 is 0 Å². The van der Waals surface area contributed by atoms with Crippen molar-refractivity contribution in [3.05, 3.63) is 33.9 Å². The van der Waals surface area contributed by atoms with Crippen LogP contribution in [-0.2, 0) is 0 Å². The fraction of sp³-hybridized carbons (Fsp3) is 0.600. The van der Waals surface area contributed by atoms with Crippen LogP contribution in [0.3, 0.4) is 0 Å². The molecule has 1 fully saturated rings. The highest BCUT2D eigenvalue weighted by molar-refractivity contribution is 5.46. The van der Waals surface area contributed by atoms with Gasteiger partial charge in [0.15, 0.2) is 0 Å². The Balaban J connectivity index is 2.49. The van der Waals surface area contributed by atoms with Crippen molar-refractivity contribution in [3.8, 4) is 0 Å². The molecule has 2 heteroatoms. The van der Waals surface area contributed by atoms with Crippen molar-refractivity contribution in [1.82, 2.24) is 10.6 Å². The molecule has 2 atom stereocenters. The van der Waals surface area contributed by atoms with Crippen LogP contribution in [0.15, 0.2) is 6.07 Å². The van der Waals surface area contributed by atoms with Crippen LogP contribution in [0.4, 0.5) is 0 Å². The Labute approximate surface area is 105 Å². The summed E-state index contributed by atoms with van der Waals surface area (Å²) in [6, 6.07) is 3.25. The summed E-state index contributed by atoms with van der Waals surface area (Å²) < 4.78 is 0. The molecule has 1 heterocycles. The first-order valence-electron chi connectivity index (χ1n) is 6.56. The van der Waals surface area contributed by atoms with Crippen LogP contribution >= 0.6 is 0 Å². The Kier molecular flexibility index (Phi) is 3.55. The molecule has 2 N–H and O–H groups in total. The van der Waals surface area contributed by atoms with Gasteiger partial charge in [0.2, 0.25) is 0 Å². The van der Waals surface area contributed by atoms with Crippen LogP contribution in [0.25, 0.3) is 0 Å². The van der Waals surface area contributed by atoms with E-state index in [0.29, 0.717) is 12.1 Å². The van der Waals surface area contributed by atoms with Crippen molar-refractivity contribution in [3.63, 3.8) is 0 Å². The van der Waals surface area contributed by atoms with E-state index in [1.807, 2.05) is 0 Å². The Hall–Kier alpha value is -0.860. The third-order valence-corrected chi connectivity index (χ3v) is 4.19. The number of hydrogen-bond donors (Lipinski definition) is 2. The Morgan fingerprint density at radius 2 is 1.47 bits per heavy atom. The number of piperazine rings is 1. The first kappa shape index (κ1) is 12.6. The third kappa shape index (κ3) is 2.24. The number of nitrogens with one attached hydrogen (secondary N) is 2. The van der Waals surface area contributed by atoms with Crippen LogP contribution in [-0.4, -0.2) is 19.1 Å². The monoisotopic (exact) mass is 232 g/mol. The molecular weight excluding hydrogens is 208 g/mol. The highest BCUT2D eigenvalue weighted by Gasteiger charge is 2.25. The summed E-state index contributed by atoms with van der Waals surface area (Å²) in [5.74, 6) is 0. The van der Waals surface area contributed by atoms with Crippen LogP contribution in [0.1, 0.15) is 40.8 Å². The number of benzene rings is 1. The van der Waals surface area contributed by atoms with E-state index in [4.69, 9.17) is 0 Å². The highest BCUT2D eigenvalue weighted by Crippen LogP contribution is 2.29. The largest absolute Gasteiger partial charge is 0.311 e. The lowest BCUT2D eigenvalue weighted by atomic mass is 9.86. The zero-order valence-electron chi connectivity index (χ0n) is 11.6. The maximum atomic E-state index is 3.66. The lowest BCUT2D eigenvalue weighted by Gasteiger charge is -2.34. The van der Waals surface area contributed by atoms with Crippen LogP contribution < -0.4 is 10.6 Å². The molecule has 2 rings (SSSR count). The fourth-order valence-electron chi connectivity index (χ4n) is 2.89. The number of hydrogen-bond acceptors (Lipinski definition) is 2. The maximum Gasteiger partial charge on any atom is 0.0479 e. The summed E-state index contributed by atoms with van der Waals surface area (Å²) >= 11 is 0. The van der Waals surface area contributed by atoms with Gasteiger partial charge < -0.3 is 10.6 Å². The minimum absolute atomic E-state index is 0.447. The quantitative estimate of drug-likeness (QED) is 0.777. The van der Waals surface area contributed by atoms with Gasteiger partial charge in [0.05, 0.1) is 0 Å². The average Bonchev–Trinajstić information content (AvgIpc) is 2.29. The van der Waals surface area contributed by atoms with Gasteiger partial charge in [0.1, 0.15) is 0 Å².